The SMILES string of the molecule is COc1cc(CCc2cc(NC(=O)C3(c4ccccc4)CCOCC3)n[nH]2)cc(OC)c1. The largest absolute Gasteiger partial charge is 0.497 e. The molecular formula is C25H29N3O4. The van der Waals surface area contributed by atoms with Crippen LogP contribution >= 0.6 is 0 Å². The maximum atomic E-state index is 13.4. The predicted molar refractivity (Wildman–Crippen MR) is 122 cm³/mol. The zero-order valence-corrected chi connectivity index (χ0v) is 18.5. The number of rotatable bonds is 8. The summed E-state index contributed by atoms with van der Waals surface area (Å²) in [6.07, 6.45) is 2.83. The summed E-state index contributed by atoms with van der Waals surface area (Å²) in [5, 5.41) is 10.4. The van der Waals surface area contributed by atoms with Crippen molar-refractivity contribution in [1.82, 2.24) is 10.2 Å². The summed E-state index contributed by atoms with van der Waals surface area (Å²) in [5.74, 6) is 2.02. The van der Waals surface area contributed by atoms with Crippen molar-refractivity contribution < 1.29 is 19.0 Å². The van der Waals surface area contributed by atoms with Crippen molar-refractivity contribution in [2.24, 2.45) is 0 Å². The number of nitrogens with one attached hydrogen (secondary N) is 2. The number of benzene rings is 2. The fourth-order valence-corrected chi connectivity index (χ4v) is 4.20. The molecule has 0 bridgehead atoms. The molecule has 1 amide bonds. The Morgan fingerprint density at radius 1 is 1.03 bits per heavy atom. The Balaban J connectivity index is 1.44. The number of hydrogen-bond acceptors (Lipinski definition) is 5. The number of amides is 1. The lowest BCUT2D eigenvalue weighted by molar-refractivity contribution is -0.125. The van der Waals surface area contributed by atoms with E-state index in [2.05, 4.69) is 15.5 Å². The minimum atomic E-state index is -0.601. The van der Waals surface area contributed by atoms with Crippen LogP contribution in [0.4, 0.5) is 5.82 Å². The highest BCUT2D eigenvalue weighted by Gasteiger charge is 2.41. The molecule has 1 aliphatic heterocycles. The van der Waals surface area contributed by atoms with E-state index in [9.17, 15) is 4.79 Å². The van der Waals surface area contributed by atoms with Crippen LogP contribution in [0.15, 0.2) is 54.6 Å². The number of nitrogens with zero attached hydrogens (tertiary/aromatic N) is 1. The summed E-state index contributed by atoms with van der Waals surface area (Å²) >= 11 is 0. The fourth-order valence-electron chi connectivity index (χ4n) is 4.20. The van der Waals surface area contributed by atoms with E-state index in [1.165, 1.54) is 0 Å². The van der Waals surface area contributed by atoms with Gasteiger partial charge in [0.25, 0.3) is 0 Å². The van der Waals surface area contributed by atoms with Gasteiger partial charge < -0.3 is 19.5 Å². The second kappa shape index (κ2) is 9.87. The highest BCUT2D eigenvalue weighted by atomic mass is 16.5. The third-order valence-corrected chi connectivity index (χ3v) is 6.07. The van der Waals surface area contributed by atoms with Crippen LogP contribution in [-0.2, 0) is 27.8 Å². The fraction of sp³-hybridized carbons (Fsp3) is 0.360. The quantitative estimate of drug-likeness (QED) is 0.561. The molecule has 0 radical (unpaired) electrons. The molecule has 0 aliphatic carbocycles. The standard InChI is InChI=1S/C25H29N3O4/c1-30-21-14-18(15-22(17-21)31-2)8-9-20-16-23(28-27-20)26-24(29)25(10-12-32-13-11-25)19-6-4-3-5-7-19/h3-7,14-17H,8-13H2,1-2H3,(H2,26,27,28,29). The second-order valence-corrected chi connectivity index (χ2v) is 8.01. The van der Waals surface area contributed by atoms with Crippen molar-refractivity contribution in [3.8, 4) is 11.5 Å². The third kappa shape index (κ3) is 4.78. The van der Waals surface area contributed by atoms with Crippen LogP contribution in [0.5, 0.6) is 11.5 Å². The number of H-pyrrole nitrogens is 1. The molecule has 1 saturated heterocycles. The van der Waals surface area contributed by atoms with E-state index in [0.717, 1.165) is 41.2 Å². The van der Waals surface area contributed by atoms with Gasteiger partial charge in [-0.15, -0.1) is 0 Å². The summed E-state index contributed by atoms with van der Waals surface area (Å²) in [6, 6.07) is 17.7. The summed E-state index contributed by atoms with van der Waals surface area (Å²) in [4.78, 5) is 13.4. The molecule has 0 spiro atoms. The number of methoxy groups -OCH3 is 2. The average Bonchev–Trinajstić information content (AvgIpc) is 3.30. The third-order valence-electron chi connectivity index (χ3n) is 6.07. The molecule has 2 aromatic carbocycles. The van der Waals surface area contributed by atoms with E-state index in [0.29, 0.717) is 31.9 Å². The Labute approximate surface area is 188 Å². The van der Waals surface area contributed by atoms with Crippen molar-refractivity contribution in [2.75, 3.05) is 32.8 Å². The lowest BCUT2D eigenvalue weighted by Gasteiger charge is -2.36. The molecule has 7 heteroatoms. The van der Waals surface area contributed by atoms with Crippen molar-refractivity contribution >= 4 is 11.7 Å². The van der Waals surface area contributed by atoms with E-state index in [-0.39, 0.29) is 5.91 Å². The summed E-state index contributed by atoms with van der Waals surface area (Å²) in [6.45, 7) is 1.14. The number of aromatic nitrogens is 2. The first-order valence-electron chi connectivity index (χ1n) is 10.8. The number of aromatic amines is 1. The van der Waals surface area contributed by atoms with Gasteiger partial charge in [0.05, 0.1) is 19.6 Å². The molecule has 0 unspecified atom stereocenters. The summed E-state index contributed by atoms with van der Waals surface area (Å²) < 4.78 is 16.2. The Kier molecular flexibility index (Phi) is 6.75. The zero-order valence-electron chi connectivity index (χ0n) is 18.5. The number of aryl methyl sites for hydroxylation is 2. The monoisotopic (exact) mass is 435 g/mol. The van der Waals surface area contributed by atoms with Crippen molar-refractivity contribution in [2.45, 2.75) is 31.1 Å². The summed E-state index contributed by atoms with van der Waals surface area (Å²) in [7, 11) is 3.28. The molecule has 0 saturated carbocycles. The van der Waals surface area contributed by atoms with Gasteiger partial charge in [-0.25, -0.2) is 0 Å². The number of ether oxygens (including phenoxy) is 3. The Hall–Kier alpha value is -3.32. The van der Waals surface area contributed by atoms with E-state index < -0.39 is 5.41 Å². The topological polar surface area (TPSA) is 85.5 Å². The van der Waals surface area contributed by atoms with Gasteiger partial charge in [0.15, 0.2) is 5.82 Å². The molecule has 3 aromatic rings. The first-order chi connectivity index (χ1) is 15.6. The van der Waals surface area contributed by atoms with E-state index in [1.54, 1.807) is 14.2 Å². The lowest BCUT2D eigenvalue weighted by Crippen LogP contribution is -2.44. The number of anilines is 1. The number of hydrogen-bond donors (Lipinski definition) is 2. The first-order valence-corrected chi connectivity index (χ1v) is 10.8. The van der Waals surface area contributed by atoms with Crippen LogP contribution in [-0.4, -0.2) is 43.5 Å². The van der Waals surface area contributed by atoms with Crippen LogP contribution in [0.2, 0.25) is 0 Å². The Morgan fingerprint density at radius 2 is 1.72 bits per heavy atom. The van der Waals surface area contributed by atoms with Crippen LogP contribution < -0.4 is 14.8 Å². The molecular weight excluding hydrogens is 406 g/mol. The highest BCUT2D eigenvalue weighted by molar-refractivity contribution is 5.98. The zero-order chi connectivity index (χ0) is 22.4. The maximum absolute atomic E-state index is 13.4. The van der Waals surface area contributed by atoms with Crippen LogP contribution in [0, 0.1) is 0 Å². The molecule has 2 heterocycles. The minimum Gasteiger partial charge on any atom is -0.497 e. The van der Waals surface area contributed by atoms with E-state index >= 15 is 0 Å². The van der Waals surface area contributed by atoms with Gasteiger partial charge in [-0.2, -0.15) is 5.10 Å². The van der Waals surface area contributed by atoms with Gasteiger partial charge in [0.1, 0.15) is 11.5 Å². The summed E-state index contributed by atoms with van der Waals surface area (Å²) in [5.41, 5.74) is 2.47. The van der Waals surface area contributed by atoms with Gasteiger partial charge in [-0.3, -0.25) is 9.89 Å². The second-order valence-electron chi connectivity index (χ2n) is 8.01. The van der Waals surface area contributed by atoms with Gasteiger partial charge in [-0.05, 0) is 48.9 Å². The lowest BCUT2D eigenvalue weighted by atomic mass is 9.73. The smallest absolute Gasteiger partial charge is 0.236 e. The van der Waals surface area contributed by atoms with Gasteiger partial charge >= 0.3 is 0 Å². The van der Waals surface area contributed by atoms with Gasteiger partial charge in [0.2, 0.25) is 5.91 Å². The molecule has 168 valence electrons. The van der Waals surface area contributed by atoms with E-state index in [4.69, 9.17) is 14.2 Å². The molecule has 2 N–H and O–H groups in total. The molecule has 1 fully saturated rings. The minimum absolute atomic E-state index is 0.0393. The van der Waals surface area contributed by atoms with Crippen molar-refractivity contribution in [3.63, 3.8) is 0 Å². The van der Waals surface area contributed by atoms with Crippen LogP contribution in [0.25, 0.3) is 0 Å². The van der Waals surface area contributed by atoms with Gasteiger partial charge in [-0.1, -0.05) is 30.3 Å². The van der Waals surface area contributed by atoms with Crippen molar-refractivity contribution in [3.05, 3.63) is 71.4 Å². The molecule has 1 aromatic heterocycles. The first kappa shape index (κ1) is 21.9. The van der Waals surface area contributed by atoms with Crippen molar-refractivity contribution in [1.29, 1.82) is 0 Å². The molecule has 0 atom stereocenters. The average molecular weight is 436 g/mol. The molecule has 7 nitrogen and oxygen atoms in total. The number of carbonyl (C=O) groups is 1. The molecule has 32 heavy (non-hydrogen) atoms. The predicted octanol–water partition coefficient (Wildman–Crippen LogP) is 3.90. The van der Waals surface area contributed by atoms with Gasteiger partial charge in [0, 0.05) is 31.0 Å². The highest BCUT2D eigenvalue weighted by Crippen LogP contribution is 2.36. The van der Waals surface area contributed by atoms with Crippen LogP contribution in [0.3, 0.4) is 0 Å². The maximum Gasteiger partial charge on any atom is 0.236 e. The Bertz CT molecular complexity index is 1020. The molecule has 1 aliphatic rings. The van der Waals surface area contributed by atoms with Crippen LogP contribution in [0.1, 0.15) is 29.7 Å². The number of carbonyl (C=O) groups excluding carboxylic acids is 1. The normalized spacial score (nSPS) is 15.2. The molecule has 4 rings (SSSR count). The Morgan fingerprint density at radius 3 is 2.38 bits per heavy atom. The van der Waals surface area contributed by atoms with E-state index in [1.807, 2.05) is 54.6 Å².